The predicted octanol–water partition coefficient (Wildman–Crippen LogP) is 5.34. The Morgan fingerprint density at radius 3 is 2.68 bits per heavy atom. The first-order chi connectivity index (χ1) is 12.0. The van der Waals surface area contributed by atoms with E-state index in [1.807, 2.05) is 30.7 Å². The van der Waals surface area contributed by atoms with Crippen molar-refractivity contribution in [1.29, 1.82) is 0 Å². The van der Waals surface area contributed by atoms with Gasteiger partial charge >= 0.3 is 0 Å². The van der Waals surface area contributed by atoms with E-state index in [0.717, 1.165) is 42.1 Å². The van der Waals surface area contributed by atoms with Crippen LogP contribution >= 0.6 is 0 Å². The molecule has 4 nitrogen and oxygen atoms in total. The molecule has 0 N–H and O–H groups in total. The van der Waals surface area contributed by atoms with E-state index in [-0.39, 0.29) is 0 Å². The summed E-state index contributed by atoms with van der Waals surface area (Å²) < 4.78 is 13.0. The molecule has 4 heteroatoms. The predicted molar refractivity (Wildman–Crippen MR) is 103 cm³/mol. The molecule has 25 heavy (non-hydrogen) atoms. The fourth-order valence-electron chi connectivity index (χ4n) is 2.89. The summed E-state index contributed by atoms with van der Waals surface area (Å²) in [6.45, 7) is 7.60. The molecule has 2 rings (SSSR count). The zero-order chi connectivity index (χ0) is 18.2. The van der Waals surface area contributed by atoms with E-state index < -0.39 is 0 Å². The van der Waals surface area contributed by atoms with Crippen LogP contribution in [0.1, 0.15) is 40.0 Å². The quantitative estimate of drug-likeness (QED) is 0.577. The Labute approximate surface area is 151 Å². The molecule has 0 fully saturated rings. The molecule has 0 saturated heterocycles. The van der Waals surface area contributed by atoms with Crippen LogP contribution < -0.4 is 9.47 Å². The highest BCUT2D eigenvalue weighted by molar-refractivity contribution is 5.68. The Morgan fingerprint density at radius 2 is 2.00 bits per heavy atom. The van der Waals surface area contributed by atoms with Crippen molar-refractivity contribution in [2.45, 2.75) is 46.6 Å². The van der Waals surface area contributed by atoms with Crippen LogP contribution in [0.15, 0.2) is 42.4 Å². The van der Waals surface area contributed by atoms with Gasteiger partial charge in [0.15, 0.2) is 0 Å². The summed E-state index contributed by atoms with van der Waals surface area (Å²) in [5.74, 6) is 2.28. The third-order valence-corrected chi connectivity index (χ3v) is 4.47. The SMILES string of the molecule is COc1ccc(-c2cncn2CCC(C)CCC=C(C)C)c(OC)c1. The molecule has 136 valence electrons. The van der Waals surface area contributed by atoms with Gasteiger partial charge in [-0.3, -0.25) is 0 Å². The van der Waals surface area contributed by atoms with Crippen molar-refractivity contribution in [3.63, 3.8) is 0 Å². The second kappa shape index (κ2) is 9.30. The average Bonchev–Trinajstić information content (AvgIpc) is 3.07. The van der Waals surface area contributed by atoms with Gasteiger partial charge in [0.25, 0.3) is 0 Å². The summed E-state index contributed by atoms with van der Waals surface area (Å²) in [7, 11) is 3.35. The van der Waals surface area contributed by atoms with Gasteiger partial charge in [-0.15, -0.1) is 0 Å². The highest BCUT2D eigenvalue weighted by atomic mass is 16.5. The van der Waals surface area contributed by atoms with Gasteiger partial charge in [-0.1, -0.05) is 18.6 Å². The van der Waals surface area contributed by atoms with Crippen LogP contribution in [0.4, 0.5) is 0 Å². The minimum absolute atomic E-state index is 0.684. The summed E-state index contributed by atoms with van der Waals surface area (Å²) in [6.07, 6.45) is 9.65. The first-order valence-electron chi connectivity index (χ1n) is 8.91. The summed E-state index contributed by atoms with van der Waals surface area (Å²) >= 11 is 0. The zero-order valence-electron chi connectivity index (χ0n) is 16.1. The van der Waals surface area contributed by atoms with Gasteiger partial charge in [0.2, 0.25) is 0 Å². The van der Waals surface area contributed by atoms with Gasteiger partial charge in [-0.05, 0) is 51.2 Å². The maximum absolute atomic E-state index is 5.54. The molecule has 1 aromatic carbocycles. The first kappa shape index (κ1) is 19.1. The van der Waals surface area contributed by atoms with Gasteiger partial charge < -0.3 is 14.0 Å². The maximum Gasteiger partial charge on any atom is 0.131 e. The molecule has 1 atom stereocenters. The topological polar surface area (TPSA) is 36.3 Å². The number of benzene rings is 1. The summed E-state index contributed by atoms with van der Waals surface area (Å²) in [5, 5.41) is 0. The van der Waals surface area contributed by atoms with E-state index in [0.29, 0.717) is 5.92 Å². The summed E-state index contributed by atoms with van der Waals surface area (Å²) in [4.78, 5) is 4.35. The maximum atomic E-state index is 5.54. The molecule has 0 aliphatic carbocycles. The lowest BCUT2D eigenvalue weighted by atomic mass is 10.0. The minimum atomic E-state index is 0.684. The van der Waals surface area contributed by atoms with Crippen molar-refractivity contribution >= 4 is 0 Å². The zero-order valence-corrected chi connectivity index (χ0v) is 16.1. The van der Waals surface area contributed by atoms with E-state index in [1.54, 1.807) is 14.2 Å². The Kier molecular flexibility index (Phi) is 7.11. The Balaban J connectivity index is 2.06. The number of hydrogen-bond donors (Lipinski definition) is 0. The molecular formula is C21H30N2O2. The summed E-state index contributed by atoms with van der Waals surface area (Å²) in [5.41, 5.74) is 3.52. The molecule has 0 aliphatic rings. The van der Waals surface area contributed by atoms with E-state index in [1.165, 1.54) is 12.0 Å². The van der Waals surface area contributed by atoms with Crippen molar-refractivity contribution in [3.05, 3.63) is 42.4 Å². The Morgan fingerprint density at radius 1 is 1.20 bits per heavy atom. The number of aromatic nitrogens is 2. The third kappa shape index (κ3) is 5.38. The van der Waals surface area contributed by atoms with E-state index >= 15 is 0 Å². The van der Waals surface area contributed by atoms with E-state index in [4.69, 9.17) is 9.47 Å². The van der Waals surface area contributed by atoms with Crippen LogP contribution in [0.3, 0.4) is 0 Å². The fourth-order valence-corrected chi connectivity index (χ4v) is 2.89. The smallest absolute Gasteiger partial charge is 0.131 e. The van der Waals surface area contributed by atoms with Gasteiger partial charge in [-0.25, -0.2) is 4.98 Å². The van der Waals surface area contributed by atoms with Gasteiger partial charge in [0.05, 0.1) is 32.4 Å². The van der Waals surface area contributed by atoms with Crippen LogP contribution in [-0.4, -0.2) is 23.8 Å². The number of imidazole rings is 1. The number of hydrogen-bond acceptors (Lipinski definition) is 3. The van der Waals surface area contributed by atoms with Gasteiger partial charge in [0.1, 0.15) is 11.5 Å². The molecule has 0 saturated carbocycles. The van der Waals surface area contributed by atoms with Crippen molar-refractivity contribution in [2.24, 2.45) is 5.92 Å². The number of ether oxygens (including phenoxy) is 2. The molecule has 1 heterocycles. The molecule has 0 bridgehead atoms. The molecule has 0 spiro atoms. The second-order valence-electron chi connectivity index (χ2n) is 6.79. The van der Waals surface area contributed by atoms with Gasteiger partial charge in [-0.2, -0.15) is 0 Å². The highest BCUT2D eigenvalue weighted by Crippen LogP contribution is 2.33. The lowest BCUT2D eigenvalue weighted by Gasteiger charge is -2.15. The van der Waals surface area contributed by atoms with E-state index in [2.05, 4.69) is 36.4 Å². The molecule has 0 amide bonds. The lowest BCUT2D eigenvalue weighted by Crippen LogP contribution is -2.05. The standard InChI is InChI=1S/C21H30N2O2/c1-16(2)7-6-8-17(3)11-12-23-15-22-14-20(23)19-10-9-18(24-4)13-21(19)25-5/h7,9-10,13-15,17H,6,8,11-12H2,1-5H3. The number of nitrogens with zero attached hydrogens (tertiary/aromatic N) is 2. The summed E-state index contributed by atoms with van der Waals surface area (Å²) in [6, 6.07) is 5.90. The molecule has 2 aromatic rings. The molecule has 1 unspecified atom stereocenters. The molecule has 1 aromatic heterocycles. The van der Waals surface area contributed by atoms with Crippen LogP contribution in [0.5, 0.6) is 11.5 Å². The Hall–Kier alpha value is -2.23. The van der Waals surface area contributed by atoms with Crippen molar-refractivity contribution in [1.82, 2.24) is 9.55 Å². The Bertz CT molecular complexity index is 700. The largest absolute Gasteiger partial charge is 0.497 e. The normalized spacial score (nSPS) is 11.9. The first-order valence-corrected chi connectivity index (χ1v) is 8.91. The highest BCUT2D eigenvalue weighted by Gasteiger charge is 2.12. The average molecular weight is 342 g/mol. The van der Waals surface area contributed by atoms with Crippen molar-refractivity contribution in [3.8, 4) is 22.8 Å². The number of aryl methyl sites for hydroxylation is 1. The van der Waals surface area contributed by atoms with Crippen molar-refractivity contribution in [2.75, 3.05) is 14.2 Å². The number of allylic oxidation sites excluding steroid dienone is 2. The van der Waals surface area contributed by atoms with Crippen LogP contribution in [0.25, 0.3) is 11.3 Å². The lowest BCUT2D eigenvalue weighted by molar-refractivity contribution is 0.395. The number of methoxy groups -OCH3 is 2. The number of rotatable bonds is 9. The minimum Gasteiger partial charge on any atom is -0.497 e. The van der Waals surface area contributed by atoms with Crippen LogP contribution in [0, 0.1) is 5.92 Å². The van der Waals surface area contributed by atoms with Crippen molar-refractivity contribution < 1.29 is 9.47 Å². The molecular weight excluding hydrogens is 312 g/mol. The molecule has 0 radical (unpaired) electrons. The molecule has 0 aliphatic heterocycles. The second-order valence-corrected chi connectivity index (χ2v) is 6.79. The monoisotopic (exact) mass is 342 g/mol. The van der Waals surface area contributed by atoms with Gasteiger partial charge in [0, 0.05) is 18.2 Å². The fraction of sp³-hybridized carbons (Fsp3) is 0.476. The van der Waals surface area contributed by atoms with Crippen LogP contribution in [0.2, 0.25) is 0 Å². The van der Waals surface area contributed by atoms with Crippen LogP contribution in [-0.2, 0) is 6.54 Å². The third-order valence-electron chi connectivity index (χ3n) is 4.47. The van der Waals surface area contributed by atoms with E-state index in [9.17, 15) is 0 Å².